The minimum atomic E-state index is -0.196. The smallest absolute Gasteiger partial charge is 0.253 e. The van der Waals surface area contributed by atoms with Gasteiger partial charge in [0.25, 0.3) is 5.91 Å². The van der Waals surface area contributed by atoms with Crippen LogP contribution in [0, 0.1) is 0 Å². The van der Waals surface area contributed by atoms with Gasteiger partial charge >= 0.3 is 0 Å². The van der Waals surface area contributed by atoms with Crippen LogP contribution < -0.4 is 14.2 Å². The van der Waals surface area contributed by atoms with Crippen LogP contribution in [0.5, 0.6) is 17.2 Å². The Morgan fingerprint density at radius 1 is 1.11 bits per heavy atom. The Hall–Kier alpha value is -2.73. The lowest BCUT2D eigenvalue weighted by molar-refractivity contribution is 0.0520. The SMILES string of the molecule is CN(C[C@H]1COc2ccccc2O1)C(=O)c1ccc(OC[C@@H]2CCCO2)cc1. The molecule has 0 spiro atoms. The molecule has 1 fully saturated rings. The van der Waals surface area contributed by atoms with Crippen LogP contribution >= 0.6 is 0 Å². The van der Waals surface area contributed by atoms with Gasteiger partial charge < -0.3 is 23.8 Å². The zero-order valence-corrected chi connectivity index (χ0v) is 16.0. The average Bonchev–Trinajstić information content (AvgIpc) is 3.26. The summed E-state index contributed by atoms with van der Waals surface area (Å²) in [6.45, 7) is 2.23. The summed E-state index contributed by atoms with van der Waals surface area (Å²) in [4.78, 5) is 14.4. The zero-order chi connectivity index (χ0) is 19.3. The van der Waals surface area contributed by atoms with Gasteiger partial charge in [0.1, 0.15) is 19.0 Å². The fraction of sp³-hybridized carbons (Fsp3) is 0.409. The molecule has 2 heterocycles. The Kier molecular flexibility index (Phi) is 5.67. The van der Waals surface area contributed by atoms with Gasteiger partial charge in [-0.25, -0.2) is 0 Å². The number of hydrogen-bond acceptors (Lipinski definition) is 5. The molecule has 1 amide bonds. The molecule has 2 aliphatic heterocycles. The van der Waals surface area contributed by atoms with Gasteiger partial charge in [0.2, 0.25) is 0 Å². The van der Waals surface area contributed by atoms with Crippen molar-refractivity contribution < 1.29 is 23.7 Å². The molecule has 2 aliphatic rings. The van der Waals surface area contributed by atoms with E-state index in [2.05, 4.69) is 0 Å². The molecule has 2 aromatic rings. The molecule has 0 bridgehead atoms. The summed E-state index contributed by atoms with van der Waals surface area (Å²) >= 11 is 0. The van der Waals surface area contributed by atoms with Crippen LogP contribution in [0.1, 0.15) is 23.2 Å². The van der Waals surface area contributed by atoms with Crippen molar-refractivity contribution in [2.45, 2.75) is 25.0 Å². The molecule has 6 heteroatoms. The maximum atomic E-state index is 12.7. The number of nitrogens with zero attached hydrogens (tertiary/aromatic N) is 1. The van der Waals surface area contributed by atoms with E-state index in [0.717, 1.165) is 30.9 Å². The van der Waals surface area contributed by atoms with E-state index >= 15 is 0 Å². The number of rotatable bonds is 6. The minimum Gasteiger partial charge on any atom is -0.491 e. The number of benzene rings is 2. The summed E-state index contributed by atoms with van der Waals surface area (Å²) in [6.07, 6.45) is 2.11. The second-order valence-corrected chi connectivity index (χ2v) is 7.15. The van der Waals surface area contributed by atoms with Crippen molar-refractivity contribution in [1.82, 2.24) is 4.90 Å². The van der Waals surface area contributed by atoms with E-state index in [-0.39, 0.29) is 18.1 Å². The zero-order valence-electron chi connectivity index (χ0n) is 16.0. The minimum absolute atomic E-state index is 0.0619. The summed E-state index contributed by atoms with van der Waals surface area (Å²) in [5.41, 5.74) is 0.615. The van der Waals surface area contributed by atoms with Crippen LogP contribution in [0.15, 0.2) is 48.5 Å². The number of para-hydroxylation sites is 2. The Morgan fingerprint density at radius 3 is 2.64 bits per heavy atom. The molecule has 0 saturated carbocycles. The van der Waals surface area contributed by atoms with Crippen LogP contribution in [0.4, 0.5) is 0 Å². The van der Waals surface area contributed by atoms with Crippen LogP contribution in [0.2, 0.25) is 0 Å². The van der Waals surface area contributed by atoms with Gasteiger partial charge in [-0.3, -0.25) is 4.79 Å². The number of carbonyl (C=O) groups is 1. The first-order valence-electron chi connectivity index (χ1n) is 9.67. The topological polar surface area (TPSA) is 57.2 Å². The molecule has 0 aromatic heterocycles. The van der Waals surface area contributed by atoms with Crippen molar-refractivity contribution in [3.05, 3.63) is 54.1 Å². The van der Waals surface area contributed by atoms with Crippen molar-refractivity contribution in [2.75, 3.05) is 33.4 Å². The number of likely N-dealkylation sites (N-methyl/N-ethyl adjacent to an activating group) is 1. The second kappa shape index (κ2) is 8.52. The molecule has 2 atom stereocenters. The average molecular weight is 383 g/mol. The lowest BCUT2D eigenvalue weighted by Gasteiger charge is -2.29. The maximum absolute atomic E-state index is 12.7. The van der Waals surface area contributed by atoms with Crippen molar-refractivity contribution in [2.24, 2.45) is 0 Å². The highest BCUT2D eigenvalue weighted by Crippen LogP contribution is 2.31. The highest BCUT2D eigenvalue weighted by Gasteiger charge is 2.24. The van der Waals surface area contributed by atoms with E-state index in [4.69, 9.17) is 18.9 Å². The van der Waals surface area contributed by atoms with E-state index in [0.29, 0.717) is 31.1 Å². The van der Waals surface area contributed by atoms with Crippen molar-refractivity contribution in [3.63, 3.8) is 0 Å². The quantitative estimate of drug-likeness (QED) is 0.767. The van der Waals surface area contributed by atoms with Gasteiger partial charge in [-0.1, -0.05) is 12.1 Å². The largest absolute Gasteiger partial charge is 0.491 e. The normalized spacial score (nSPS) is 20.6. The predicted molar refractivity (Wildman–Crippen MR) is 104 cm³/mol. The summed E-state index contributed by atoms with van der Waals surface area (Å²) < 4.78 is 23.0. The predicted octanol–water partition coefficient (Wildman–Crippen LogP) is 3.16. The number of carbonyl (C=O) groups excluding carboxylic acids is 1. The first-order chi connectivity index (χ1) is 13.7. The molecule has 2 aromatic carbocycles. The first kappa shape index (κ1) is 18.6. The summed E-state index contributed by atoms with van der Waals surface area (Å²) in [5.74, 6) is 2.14. The van der Waals surface area contributed by atoms with Crippen molar-refractivity contribution >= 4 is 5.91 Å². The van der Waals surface area contributed by atoms with Gasteiger partial charge in [-0.15, -0.1) is 0 Å². The molecule has 0 N–H and O–H groups in total. The van der Waals surface area contributed by atoms with Gasteiger partial charge in [0, 0.05) is 19.2 Å². The lowest BCUT2D eigenvalue weighted by Crippen LogP contribution is -2.41. The molecule has 1 saturated heterocycles. The molecule has 148 valence electrons. The molecule has 4 rings (SSSR count). The molecule has 0 unspecified atom stereocenters. The van der Waals surface area contributed by atoms with Crippen molar-refractivity contribution in [1.29, 1.82) is 0 Å². The maximum Gasteiger partial charge on any atom is 0.253 e. The molecular weight excluding hydrogens is 358 g/mol. The summed E-state index contributed by atoms with van der Waals surface area (Å²) in [6, 6.07) is 14.8. The standard InChI is InChI=1S/C22H25NO5/c1-23(13-19-15-27-20-6-2-3-7-21(20)28-19)22(24)16-8-10-17(11-9-16)26-14-18-5-4-12-25-18/h2-3,6-11,18-19H,4-5,12-15H2,1H3/t18-,19-/m0/s1. The Labute approximate surface area is 165 Å². The van der Waals surface area contributed by atoms with Gasteiger partial charge in [-0.2, -0.15) is 0 Å². The number of ether oxygens (including phenoxy) is 4. The third-order valence-corrected chi connectivity index (χ3v) is 4.95. The Bertz CT molecular complexity index is 801. The lowest BCUT2D eigenvalue weighted by atomic mass is 10.2. The number of fused-ring (bicyclic) bond motifs is 1. The van der Waals surface area contributed by atoms with Gasteiger partial charge in [-0.05, 0) is 49.2 Å². The fourth-order valence-electron chi connectivity index (χ4n) is 3.42. The third-order valence-electron chi connectivity index (χ3n) is 4.95. The molecular formula is C22H25NO5. The van der Waals surface area contributed by atoms with Gasteiger partial charge in [0.05, 0.1) is 12.6 Å². The second-order valence-electron chi connectivity index (χ2n) is 7.15. The fourth-order valence-corrected chi connectivity index (χ4v) is 3.42. The van der Waals surface area contributed by atoms with Crippen molar-refractivity contribution in [3.8, 4) is 17.2 Å². The molecule has 0 radical (unpaired) electrons. The summed E-state index contributed by atoms with van der Waals surface area (Å²) in [7, 11) is 1.77. The van der Waals surface area contributed by atoms with Crippen LogP contribution in [0.3, 0.4) is 0 Å². The molecule has 0 aliphatic carbocycles. The van der Waals surface area contributed by atoms with Crippen LogP contribution in [-0.2, 0) is 4.74 Å². The monoisotopic (exact) mass is 383 g/mol. The van der Waals surface area contributed by atoms with E-state index in [9.17, 15) is 4.79 Å². The third kappa shape index (κ3) is 4.39. The van der Waals surface area contributed by atoms with Crippen LogP contribution in [0.25, 0.3) is 0 Å². The molecule has 28 heavy (non-hydrogen) atoms. The Morgan fingerprint density at radius 2 is 1.89 bits per heavy atom. The van der Waals surface area contributed by atoms with E-state index in [1.54, 1.807) is 24.1 Å². The highest BCUT2D eigenvalue weighted by molar-refractivity contribution is 5.94. The Balaban J connectivity index is 1.30. The van der Waals surface area contributed by atoms with E-state index in [1.165, 1.54) is 0 Å². The summed E-state index contributed by atoms with van der Waals surface area (Å²) in [5, 5.41) is 0. The number of hydrogen-bond donors (Lipinski definition) is 0. The highest BCUT2D eigenvalue weighted by atomic mass is 16.6. The molecule has 6 nitrogen and oxygen atoms in total. The van der Waals surface area contributed by atoms with Gasteiger partial charge in [0.15, 0.2) is 17.6 Å². The first-order valence-corrected chi connectivity index (χ1v) is 9.67. The number of amides is 1. The van der Waals surface area contributed by atoms with E-state index in [1.807, 2.05) is 36.4 Å². The van der Waals surface area contributed by atoms with Crippen LogP contribution in [-0.4, -0.2) is 56.4 Å². The van der Waals surface area contributed by atoms with E-state index < -0.39 is 0 Å².